The van der Waals surface area contributed by atoms with E-state index < -0.39 is 0 Å². The molecule has 0 spiro atoms. The van der Waals surface area contributed by atoms with E-state index in [-0.39, 0.29) is 18.6 Å². The fraction of sp³-hybridized carbons (Fsp3) is 0.750. The second-order valence-electron chi connectivity index (χ2n) is 8.05. The van der Waals surface area contributed by atoms with Gasteiger partial charge in [-0.25, -0.2) is 9.97 Å². The second-order valence-corrected chi connectivity index (χ2v) is 8.05. The van der Waals surface area contributed by atoms with E-state index in [1.54, 1.807) is 6.33 Å². The van der Waals surface area contributed by atoms with Gasteiger partial charge in [-0.2, -0.15) is 0 Å². The molecular weight excluding hydrogens is 342 g/mol. The molecule has 1 aromatic heterocycles. The molecule has 7 nitrogen and oxygen atoms in total. The molecule has 1 unspecified atom stereocenters. The van der Waals surface area contributed by atoms with E-state index in [1.165, 1.54) is 19.3 Å². The first-order chi connectivity index (χ1) is 13.3. The maximum Gasteiger partial charge on any atom is 0.225 e. The molecule has 1 atom stereocenters. The van der Waals surface area contributed by atoms with E-state index in [2.05, 4.69) is 24.7 Å². The second kappa shape index (κ2) is 8.42. The Morgan fingerprint density at radius 1 is 0.963 bits per heavy atom. The number of anilines is 2. The van der Waals surface area contributed by atoms with Gasteiger partial charge in [0.15, 0.2) is 0 Å². The monoisotopic (exact) mass is 373 g/mol. The van der Waals surface area contributed by atoms with Crippen molar-refractivity contribution < 1.29 is 9.90 Å². The summed E-state index contributed by atoms with van der Waals surface area (Å²) in [5.74, 6) is 2.44. The van der Waals surface area contributed by atoms with E-state index in [4.69, 9.17) is 0 Å². The number of hydrogen-bond acceptors (Lipinski definition) is 6. The summed E-state index contributed by atoms with van der Waals surface area (Å²) >= 11 is 0. The molecule has 3 heterocycles. The zero-order valence-electron chi connectivity index (χ0n) is 16.1. The molecule has 1 N–H and O–H groups in total. The molecule has 3 aliphatic rings. The van der Waals surface area contributed by atoms with Crippen LogP contribution in [0.15, 0.2) is 12.4 Å². The number of amides is 1. The lowest BCUT2D eigenvalue weighted by molar-refractivity contribution is -0.136. The number of aromatic nitrogens is 2. The van der Waals surface area contributed by atoms with Crippen LogP contribution in [0.25, 0.3) is 0 Å². The summed E-state index contributed by atoms with van der Waals surface area (Å²) in [7, 11) is 0. The van der Waals surface area contributed by atoms with E-state index >= 15 is 0 Å². The Balaban J connectivity index is 1.37. The van der Waals surface area contributed by atoms with Crippen molar-refractivity contribution in [3.63, 3.8) is 0 Å². The molecule has 1 aromatic rings. The molecule has 4 rings (SSSR count). The van der Waals surface area contributed by atoms with Gasteiger partial charge in [-0.15, -0.1) is 0 Å². The Kier molecular flexibility index (Phi) is 5.76. The standard InChI is InChI=1S/C20H31N5O2/c26-14-17-7-4-8-25(17)19-13-18(21-15-22-19)23-9-11-24(12-10-23)20(27)16-5-2-1-3-6-16/h13,15-17,26H,1-12,14H2. The van der Waals surface area contributed by atoms with Crippen molar-refractivity contribution in [1.29, 1.82) is 0 Å². The fourth-order valence-electron chi connectivity index (χ4n) is 4.76. The van der Waals surface area contributed by atoms with Crippen molar-refractivity contribution in [3.8, 4) is 0 Å². The van der Waals surface area contributed by atoms with Gasteiger partial charge in [0.05, 0.1) is 12.6 Å². The topological polar surface area (TPSA) is 72.8 Å². The molecule has 2 aliphatic heterocycles. The normalized spacial score (nSPS) is 24.5. The van der Waals surface area contributed by atoms with E-state index in [1.807, 2.05) is 6.07 Å². The van der Waals surface area contributed by atoms with Crippen LogP contribution in [0.2, 0.25) is 0 Å². The molecule has 3 fully saturated rings. The van der Waals surface area contributed by atoms with E-state index in [9.17, 15) is 9.90 Å². The highest BCUT2D eigenvalue weighted by Crippen LogP contribution is 2.28. The van der Waals surface area contributed by atoms with Crippen molar-refractivity contribution in [2.24, 2.45) is 5.92 Å². The van der Waals surface area contributed by atoms with E-state index in [0.29, 0.717) is 5.91 Å². The molecule has 1 saturated carbocycles. The Labute approximate surface area is 161 Å². The predicted octanol–water partition coefficient (Wildman–Crippen LogP) is 1.67. The van der Waals surface area contributed by atoms with Gasteiger partial charge in [0.1, 0.15) is 18.0 Å². The minimum absolute atomic E-state index is 0.165. The van der Waals surface area contributed by atoms with Crippen LogP contribution >= 0.6 is 0 Å². The third-order valence-electron chi connectivity index (χ3n) is 6.39. The molecule has 1 aliphatic carbocycles. The molecule has 0 radical (unpaired) electrons. The maximum atomic E-state index is 12.7. The smallest absolute Gasteiger partial charge is 0.225 e. The number of hydrogen-bond donors (Lipinski definition) is 1. The first kappa shape index (κ1) is 18.5. The zero-order valence-corrected chi connectivity index (χ0v) is 16.1. The third-order valence-corrected chi connectivity index (χ3v) is 6.39. The maximum absolute atomic E-state index is 12.7. The fourth-order valence-corrected chi connectivity index (χ4v) is 4.76. The lowest BCUT2D eigenvalue weighted by Gasteiger charge is -2.37. The quantitative estimate of drug-likeness (QED) is 0.866. The van der Waals surface area contributed by atoms with Crippen LogP contribution in [-0.2, 0) is 4.79 Å². The summed E-state index contributed by atoms with van der Waals surface area (Å²) in [5.41, 5.74) is 0. The number of aliphatic hydroxyl groups excluding tert-OH is 1. The number of carbonyl (C=O) groups excluding carboxylic acids is 1. The first-order valence-electron chi connectivity index (χ1n) is 10.5. The summed E-state index contributed by atoms with van der Waals surface area (Å²) in [6, 6.07) is 2.20. The lowest BCUT2D eigenvalue weighted by atomic mass is 9.88. The number of carbonyl (C=O) groups is 1. The van der Waals surface area contributed by atoms with E-state index in [0.717, 1.165) is 70.0 Å². The average molecular weight is 374 g/mol. The molecule has 7 heteroatoms. The van der Waals surface area contributed by atoms with Crippen LogP contribution in [0.1, 0.15) is 44.9 Å². The SMILES string of the molecule is O=C(C1CCCCC1)N1CCN(c2cc(N3CCCC3CO)ncn2)CC1. The molecule has 0 bridgehead atoms. The molecule has 27 heavy (non-hydrogen) atoms. The molecule has 1 amide bonds. The van der Waals surface area contributed by atoms with Crippen LogP contribution in [0, 0.1) is 5.92 Å². The highest BCUT2D eigenvalue weighted by Gasteiger charge is 2.29. The van der Waals surface area contributed by atoms with Crippen molar-refractivity contribution in [2.45, 2.75) is 51.0 Å². The zero-order chi connectivity index (χ0) is 18.6. The van der Waals surface area contributed by atoms with Crippen LogP contribution in [0.3, 0.4) is 0 Å². The predicted molar refractivity (Wildman–Crippen MR) is 105 cm³/mol. The summed E-state index contributed by atoms with van der Waals surface area (Å²) in [6.07, 6.45) is 9.53. The van der Waals surface area contributed by atoms with Gasteiger partial charge < -0.3 is 19.8 Å². The summed E-state index contributed by atoms with van der Waals surface area (Å²) in [5, 5.41) is 9.57. The largest absolute Gasteiger partial charge is 0.394 e. The molecular formula is C20H31N5O2. The van der Waals surface area contributed by atoms with Gasteiger partial charge in [-0.3, -0.25) is 4.79 Å². The van der Waals surface area contributed by atoms with Gasteiger partial charge in [-0.1, -0.05) is 19.3 Å². The Hall–Kier alpha value is -1.89. The number of aliphatic hydroxyl groups is 1. The Morgan fingerprint density at radius 2 is 1.70 bits per heavy atom. The minimum atomic E-state index is 0.165. The van der Waals surface area contributed by atoms with Crippen LogP contribution in [-0.4, -0.2) is 71.3 Å². The highest BCUT2D eigenvalue weighted by atomic mass is 16.3. The first-order valence-corrected chi connectivity index (χ1v) is 10.5. The Bertz CT molecular complexity index is 641. The van der Waals surface area contributed by atoms with Gasteiger partial charge >= 0.3 is 0 Å². The summed E-state index contributed by atoms with van der Waals surface area (Å²) in [4.78, 5) is 28.1. The van der Waals surface area contributed by atoms with Gasteiger partial charge in [-0.05, 0) is 25.7 Å². The van der Waals surface area contributed by atoms with Crippen molar-refractivity contribution >= 4 is 17.5 Å². The molecule has 2 saturated heterocycles. The number of rotatable bonds is 4. The van der Waals surface area contributed by atoms with Crippen LogP contribution in [0.5, 0.6) is 0 Å². The van der Waals surface area contributed by atoms with Crippen LogP contribution < -0.4 is 9.80 Å². The van der Waals surface area contributed by atoms with Gasteiger partial charge in [0.2, 0.25) is 5.91 Å². The summed E-state index contributed by atoms with van der Waals surface area (Å²) in [6.45, 7) is 4.29. The number of piperazine rings is 1. The summed E-state index contributed by atoms with van der Waals surface area (Å²) < 4.78 is 0. The minimum Gasteiger partial charge on any atom is -0.394 e. The van der Waals surface area contributed by atoms with Crippen LogP contribution in [0.4, 0.5) is 11.6 Å². The van der Waals surface area contributed by atoms with Crippen molar-refractivity contribution in [3.05, 3.63) is 12.4 Å². The highest BCUT2D eigenvalue weighted by molar-refractivity contribution is 5.79. The average Bonchev–Trinajstić information content (AvgIpc) is 3.23. The van der Waals surface area contributed by atoms with Gasteiger partial charge in [0, 0.05) is 44.7 Å². The lowest BCUT2D eigenvalue weighted by Crippen LogP contribution is -2.50. The Morgan fingerprint density at radius 3 is 2.44 bits per heavy atom. The third kappa shape index (κ3) is 4.03. The molecule has 148 valence electrons. The van der Waals surface area contributed by atoms with Crippen molar-refractivity contribution in [1.82, 2.24) is 14.9 Å². The van der Waals surface area contributed by atoms with Gasteiger partial charge in [0.25, 0.3) is 0 Å². The number of nitrogens with zero attached hydrogens (tertiary/aromatic N) is 5. The van der Waals surface area contributed by atoms with Crippen molar-refractivity contribution in [2.75, 3.05) is 49.1 Å². The molecule has 0 aromatic carbocycles.